The summed E-state index contributed by atoms with van der Waals surface area (Å²) in [5.74, 6) is 0.250. The van der Waals surface area contributed by atoms with Crippen LogP contribution >= 0.6 is 0 Å². The van der Waals surface area contributed by atoms with Gasteiger partial charge < -0.3 is 10.2 Å². The van der Waals surface area contributed by atoms with E-state index in [9.17, 15) is 4.79 Å². The molecule has 0 fully saturated rings. The molecule has 2 rings (SSSR count). The maximum atomic E-state index is 10.5. The van der Waals surface area contributed by atoms with E-state index in [1.54, 1.807) is 13.0 Å². The van der Waals surface area contributed by atoms with Crippen molar-refractivity contribution in [3.8, 4) is 5.75 Å². The lowest BCUT2D eigenvalue weighted by molar-refractivity contribution is -0.117. The number of phenols is 1. The van der Waals surface area contributed by atoms with Gasteiger partial charge in [-0.1, -0.05) is 18.2 Å². The number of aliphatic hydroxyl groups is 1. The number of rotatable bonds is 0. The molecule has 0 spiro atoms. The van der Waals surface area contributed by atoms with E-state index in [-0.39, 0.29) is 11.5 Å². The number of Topliss-reactive ketones (excluding diaryl/α,β-unsaturated/α-hetero) is 1. The largest absolute Gasteiger partial charge is 0.508 e. The molecule has 16 heavy (non-hydrogen) atoms. The fraction of sp³-hybridized carbons (Fsp3) is 0.308. The molecular formula is C13H16O3. The monoisotopic (exact) mass is 220 g/mol. The predicted octanol–water partition coefficient (Wildman–Crippen LogP) is 2.88. The van der Waals surface area contributed by atoms with Gasteiger partial charge in [0.1, 0.15) is 5.75 Å². The third-order valence-corrected chi connectivity index (χ3v) is 2.51. The highest BCUT2D eigenvalue weighted by Crippen LogP contribution is 2.19. The average molecular weight is 220 g/mol. The molecule has 0 saturated heterocycles. The quantitative estimate of drug-likeness (QED) is 0.706. The van der Waals surface area contributed by atoms with Gasteiger partial charge in [-0.25, -0.2) is 0 Å². The number of para-hydroxylation sites is 1. The van der Waals surface area contributed by atoms with Gasteiger partial charge in [-0.3, -0.25) is 4.79 Å². The molecule has 86 valence electrons. The second-order valence-corrected chi connectivity index (χ2v) is 3.84. The summed E-state index contributed by atoms with van der Waals surface area (Å²) in [6, 6.07) is 7.25. The van der Waals surface area contributed by atoms with Crippen LogP contribution in [0.2, 0.25) is 0 Å². The third-order valence-electron chi connectivity index (χ3n) is 2.51. The van der Waals surface area contributed by atoms with Crippen molar-refractivity contribution in [2.24, 2.45) is 0 Å². The fourth-order valence-corrected chi connectivity index (χ4v) is 1.34. The number of aromatic hydroxyl groups is 1. The Morgan fingerprint density at radius 3 is 1.94 bits per heavy atom. The summed E-state index contributed by atoms with van der Waals surface area (Å²) in [7, 11) is 0. The van der Waals surface area contributed by atoms with Crippen LogP contribution in [-0.2, 0) is 4.79 Å². The number of allylic oxidation sites excluding steroid dienone is 2. The first-order valence-corrected chi connectivity index (χ1v) is 5.19. The number of phenolic OH excluding ortho intramolecular Hbond substituents is 1. The van der Waals surface area contributed by atoms with Gasteiger partial charge in [-0.15, -0.1) is 0 Å². The Morgan fingerprint density at radius 1 is 1.06 bits per heavy atom. The molecule has 3 heteroatoms. The van der Waals surface area contributed by atoms with Crippen LogP contribution in [0, 0.1) is 6.92 Å². The van der Waals surface area contributed by atoms with E-state index < -0.39 is 0 Å². The molecule has 0 bridgehead atoms. The standard InChI is InChI=1S/C7H8O.C6H8O2/c1-6-4-2-3-5-7(6)8;1-4-2-3-5(7)6(4)8/h2-5,8H,1H3;8H,2-3H2,1H3. The first-order chi connectivity index (χ1) is 7.52. The lowest BCUT2D eigenvalue weighted by Crippen LogP contribution is -1.92. The van der Waals surface area contributed by atoms with Gasteiger partial charge >= 0.3 is 0 Å². The van der Waals surface area contributed by atoms with Crippen LogP contribution in [0.4, 0.5) is 0 Å². The SMILES string of the molecule is CC1=C(O)C(=O)CC1.Cc1ccccc1O. The number of aryl methyl sites for hydroxylation is 1. The summed E-state index contributed by atoms with van der Waals surface area (Å²) in [4.78, 5) is 10.5. The average Bonchev–Trinajstić information content (AvgIpc) is 2.55. The molecule has 1 aliphatic rings. The molecule has 0 aromatic heterocycles. The summed E-state index contributed by atoms with van der Waals surface area (Å²) in [5.41, 5.74) is 1.75. The summed E-state index contributed by atoms with van der Waals surface area (Å²) in [5, 5.41) is 17.7. The molecule has 0 atom stereocenters. The second-order valence-electron chi connectivity index (χ2n) is 3.84. The van der Waals surface area contributed by atoms with Gasteiger partial charge in [0.2, 0.25) is 0 Å². The van der Waals surface area contributed by atoms with E-state index in [0.717, 1.165) is 17.6 Å². The van der Waals surface area contributed by atoms with Gasteiger partial charge in [0.25, 0.3) is 0 Å². The van der Waals surface area contributed by atoms with Crippen molar-refractivity contribution in [1.29, 1.82) is 0 Å². The van der Waals surface area contributed by atoms with Crippen molar-refractivity contribution in [3.63, 3.8) is 0 Å². The van der Waals surface area contributed by atoms with Gasteiger partial charge in [0.15, 0.2) is 11.5 Å². The number of benzene rings is 1. The zero-order valence-electron chi connectivity index (χ0n) is 9.53. The minimum Gasteiger partial charge on any atom is -0.508 e. The molecule has 2 N–H and O–H groups in total. The first kappa shape index (κ1) is 12.3. The van der Waals surface area contributed by atoms with E-state index >= 15 is 0 Å². The van der Waals surface area contributed by atoms with Crippen LogP contribution in [-0.4, -0.2) is 16.0 Å². The molecule has 0 radical (unpaired) electrons. The van der Waals surface area contributed by atoms with E-state index in [4.69, 9.17) is 10.2 Å². The molecule has 0 saturated carbocycles. The van der Waals surface area contributed by atoms with Gasteiger partial charge in [0.05, 0.1) is 0 Å². The Kier molecular flexibility index (Phi) is 4.11. The molecule has 0 heterocycles. The molecule has 1 aromatic carbocycles. The number of carbonyl (C=O) groups is 1. The van der Waals surface area contributed by atoms with E-state index in [1.165, 1.54) is 0 Å². The van der Waals surface area contributed by atoms with Crippen molar-refractivity contribution < 1.29 is 15.0 Å². The topological polar surface area (TPSA) is 57.5 Å². The van der Waals surface area contributed by atoms with Crippen molar-refractivity contribution >= 4 is 5.78 Å². The summed E-state index contributed by atoms with van der Waals surface area (Å²) in [6.07, 6.45) is 1.24. The van der Waals surface area contributed by atoms with Crippen LogP contribution in [0.3, 0.4) is 0 Å². The van der Waals surface area contributed by atoms with E-state index in [0.29, 0.717) is 12.2 Å². The van der Waals surface area contributed by atoms with Crippen LogP contribution < -0.4 is 0 Å². The molecule has 0 unspecified atom stereocenters. The third kappa shape index (κ3) is 3.12. The predicted molar refractivity (Wildman–Crippen MR) is 62.4 cm³/mol. The highest BCUT2D eigenvalue weighted by molar-refractivity contribution is 5.96. The van der Waals surface area contributed by atoms with Crippen LogP contribution in [0.25, 0.3) is 0 Å². The number of hydrogen-bond acceptors (Lipinski definition) is 3. The van der Waals surface area contributed by atoms with Crippen molar-refractivity contribution in [2.45, 2.75) is 26.7 Å². The summed E-state index contributed by atoms with van der Waals surface area (Å²) < 4.78 is 0. The molecule has 1 aliphatic carbocycles. The van der Waals surface area contributed by atoms with Gasteiger partial charge in [-0.05, 0) is 37.5 Å². The van der Waals surface area contributed by atoms with Crippen molar-refractivity contribution in [3.05, 3.63) is 41.2 Å². The first-order valence-electron chi connectivity index (χ1n) is 5.19. The smallest absolute Gasteiger partial charge is 0.197 e. The Balaban J connectivity index is 0.000000160. The highest BCUT2D eigenvalue weighted by atomic mass is 16.3. The van der Waals surface area contributed by atoms with Crippen LogP contribution in [0.1, 0.15) is 25.3 Å². The maximum Gasteiger partial charge on any atom is 0.197 e. The summed E-state index contributed by atoms with van der Waals surface area (Å²) >= 11 is 0. The van der Waals surface area contributed by atoms with Crippen molar-refractivity contribution in [2.75, 3.05) is 0 Å². The maximum absolute atomic E-state index is 10.5. The van der Waals surface area contributed by atoms with Gasteiger partial charge in [0, 0.05) is 6.42 Å². The van der Waals surface area contributed by atoms with Crippen LogP contribution in [0.5, 0.6) is 5.75 Å². The minimum absolute atomic E-state index is 0.00926. The lowest BCUT2D eigenvalue weighted by Gasteiger charge is -1.92. The number of aliphatic hydroxyl groups excluding tert-OH is 1. The normalized spacial score (nSPS) is 14.8. The van der Waals surface area contributed by atoms with Gasteiger partial charge in [-0.2, -0.15) is 0 Å². The second kappa shape index (κ2) is 5.35. The zero-order valence-corrected chi connectivity index (χ0v) is 9.53. The Labute approximate surface area is 95.0 Å². The van der Waals surface area contributed by atoms with E-state index in [2.05, 4.69) is 0 Å². The lowest BCUT2D eigenvalue weighted by atomic mass is 10.2. The molecule has 0 aliphatic heterocycles. The Morgan fingerprint density at radius 2 is 1.69 bits per heavy atom. The highest BCUT2D eigenvalue weighted by Gasteiger charge is 2.17. The fourth-order valence-electron chi connectivity index (χ4n) is 1.34. The molecular weight excluding hydrogens is 204 g/mol. The number of ketones is 1. The minimum atomic E-state index is -0.109. The molecule has 1 aromatic rings. The van der Waals surface area contributed by atoms with Crippen LogP contribution in [0.15, 0.2) is 35.6 Å². The summed E-state index contributed by atoms with van der Waals surface area (Å²) in [6.45, 7) is 3.65. The Hall–Kier alpha value is -1.77. The number of carbonyl (C=O) groups excluding carboxylic acids is 1. The Bertz CT molecular complexity index is 398. The number of hydrogen-bond donors (Lipinski definition) is 2. The molecule has 0 amide bonds. The van der Waals surface area contributed by atoms with Crippen molar-refractivity contribution in [1.82, 2.24) is 0 Å². The zero-order chi connectivity index (χ0) is 12.1. The van der Waals surface area contributed by atoms with E-state index in [1.807, 2.05) is 25.1 Å². The molecule has 3 nitrogen and oxygen atoms in total.